The fraction of sp³-hybridized carbons (Fsp3) is 0.800. The Morgan fingerprint density at radius 2 is 1.80 bits per heavy atom. The molecular formula is C15H29N5. The minimum absolute atomic E-state index is 0.384. The fourth-order valence-corrected chi connectivity index (χ4v) is 2.93. The topological polar surface area (TPSA) is 36.3 Å². The van der Waals surface area contributed by atoms with Gasteiger partial charge in [0, 0.05) is 52.0 Å². The van der Waals surface area contributed by atoms with Crippen LogP contribution in [0, 0.1) is 6.92 Å². The molecule has 5 heteroatoms. The molecule has 5 nitrogen and oxygen atoms in total. The molecule has 1 atom stereocenters. The van der Waals surface area contributed by atoms with E-state index in [2.05, 4.69) is 53.7 Å². The Morgan fingerprint density at radius 1 is 1.20 bits per heavy atom. The van der Waals surface area contributed by atoms with Crippen LogP contribution in [-0.4, -0.2) is 65.2 Å². The second-order valence-electron chi connectivity index (χ2n) is 6.06. The van der Waals surface area contributed by atoms with Crippen molar-refractivity contribution < 1.29 is 0 Å². The number of nitrogens with one attached hydrogen (secondary N) is 1. The van der Waals surface area contributed by atoms with Gasteiger partial charge in [-0.3, -0.25) is 9.80 Å². The summed E-state index contributed by atoms with van der Waals surface area (Å²) in [6.07, 6.45) is 2.17. The van der Waals surface area contributed by atoms with Crippen molar-refractivity contribution in [1.82, 2.24) is 24.7 Å². The first-order chi connectivity index (χ1) is 9.52. The van der Waals surface area contributed by atoms with E-state index in [0.717, 1.165) is 38.5 Å². The molecule has 1 saturated heterocycles. The van der Waals surface area contributed by atoms with E-state index in [1.807, 2.05) is 7.05 Å². The van der Waals surface area contributed by atoms with Crippen LogP contribution in [0.1, 0.15) is 31.4 Å². The van der Waals surface area contributed by atoms with E-state index < -0.39 is 0 Å². The minimum atomic E-state index is 0.384. The van der Waals surface area contributed by atoms with Crippen LogP contribution in [0.15, 0.2) is 6.20 Å². The number of aryl methyl sites for hydroxylation is 2. The van der Waals surface area contributed by atoms with Gasteiger partial charge in [-0.1, -0.05) is 0 Å². The molecule has 1 N–H and O–H groups in total. The highest BCUT2D eigenvalue weighted by Gasteiger charge is 2.27. The van der Waals surface area contributed by atoms with Crippen LogP contribution in [-0.2, 0) is 7.05 Å². The summed E-state index contributed by atoms with van der Waals surface area (Å²) in [6, 6.07) is 1.03. The Morgan fingerprint density at radius 3 is 2.25 bits per heavy atom. The summed E-state index contributed by atoms with van der Waals surface area (Å²) in [5, 5.41) is 3.32. The molecule has 114 valence electrons. The maximum atomic E-state index is 4.73. The first-order valence-corrected chi connectivity index (χ1v) is 7.65. The van der Waals surface area contributed by atoms with Gasteiger partial charge in [-0.2, -0.15) is 0 Å². The molecule has 0 saturated carbocycles. The van der Waals surface area contributed by atoms with Gasteiger partial charge in [-0.05, 0) is 27.8 Å². The SMILES string of the molecule is CNCC(c1cn(C)c(C)n1)N1CCN(C(C)C)CC1. The van der Waals surface area contributed by atoms with Gasteiger partial charge in [0.05, 0.1) is 11.7 Å². The number of piperazine rings is 1. The van der Waals surface area contributed by atoms with Crippen molar-refractivity contribution in [2.24, 2.45) is 7.05 Å². The van der Waals surface area contributed by atoms with Crippen LogP contribution in [0.5, 0.6) is 0 Å². The Kier molecular flexibility index (Phi) is 5.18. The third kappa shape index (κ3) is 3.40. The Labute approximate surface area is 123 Å². The molecule has 1 unspecified atom stereocenters. The van der Waals surface area contributed by atoms with Gasteiger partial charge in [0.25, 0.3) is 0 Å². The Balaban J connectivity index is 2.06. The number of hydrogen-bond donors (Lipinski definition) is 1. The molecule has 0 radical (unpaired) electrons. The molecule has 2 heterocycles. The van der Waals surface area contributed by atoms with Gasteiger partial charge in [0.2, 0.25) is 0 Å². The standard InChI is InChI=1S/C15H29N5/c1-12(2)19-6-8-20(9-7-19)15(10-16-4)14-11-18(5)13(3)17-14/h11-12,15-16H,6-10H2,1-5H3. The van der Waals surface area contributed by atoms with Crippen molar-refractivity contribution in [1.29, 1.82) is 0 Å². The Bertz CT molecular complexity index is 398. The summed E-state index contributed by atoms with van der Waals surface area (Å²) in [7, 11) is 4.09. The molecule has 0 aromatic carbocycles. The van der Waals surface area contributed by atoms with Crippen molar-refractivity contribution >= 4 is 0 Å². The summed E-state index contributed by atoms with van der Waals surface area (Å²) < 4.78 is 2.11. The summed E-state index contributed by atoms with van der Waals surface area (Å²) in [6.45, 7) is 12.1. The minimum Gasteiger partial charge on any atom is -0.338 e. The monoisotopic (exact) mass is 279 g/mol. The van der Waals surface area contributed by atoms with E-state index in [0.29, 0.717) is 12.1 Å². The highest BCUT2D eigenvalue weighted by atomic mass is 15.3. The first-order valence-electron chi connectivity index (χ1n) is 7.65. The van der Waals surface area contributed by atoms with E-state index in [4.69, 9.17) is 4.98 Å². The lowest BCUT2D eigenvalue weighted by Crippen LogP contribution is -2.51. The summed E-state index contributed by atoms with van der Waals surface area (Å²) in [5.74, 6) is 1.09. The number of nitrogens with zero attached hydrogens (tertiary/aromatic N) is 4. The highest BCUT2D eigenvalue weighted by molar-refractivity contribution is 5.09. The molecule has 0 bridgehead atoms. The molecular weight excluding hydrogens is 250 g/mol. The second kappa shape index (κ2) is 6.70. The van der Waals surface area contributed by atoms with Crippen molar-refractivity contribution in [2.45, 2.75) is 32.9 Å². The van der Waals surface area contributed by atoms with E-state index in [-0.39, 0.29) is 0 Å². The average molecular weight is 279 g/mol. The van der Waals surface area contributed by atoms with Crippen LogP contribution in [0.2, 0.25) is 0 Å². The van der Waals surface area contributed by atoms with Crippen molar-refractivity contribution in [3.63, 3.8) is 0 Å². The van der Waals surface area contributed by atoms with Gasteiger partial charge >= 0.3 is 0 Å². The number of hydrogen-bond acceptors (Lipinski definition) is 4. The van der Waals surface area contributed by atoms with Gasteiger partial charge in [0.15, 0.2) is 0 Å². The third-order valence-electron chi connectivity index (χ3n) is 4.39. The van der Waals surface area contributed by atoms with Crippen molar-refractivity contribution in [3.8, 4) is 0 Å². The molecule has 2 rings (SSSR count). The van der Waals surface area contributed by atoms with Gasteiger partial charge in [0.1, 0.15) is 5.82 Å². The number of likely N-dealkylation sites (N-methyl/N-ethyl adjacent to an activating group) is 1. The molecule has 0 amide bonds. The summed E-state index contributed by atoms with van der Waals surface area (Å²) in [4.78, 5) is 9.84. The lowest BCUT2D eigenvalue weighted by atomic mass is 10.1. The quantitative estimate of drug-likeness (QED) is 0.873. The van der Waals surface area contributed by atoms with Crippen LogP contribution in [0.25, 0.3) is 0 Å². The molecule has 1 fully saturated rings. The largest absolute Gasteiger partial charge is 0.338 e. The maximum Gasteiger partial charge on any atom is 0.105 e. The fourth-order valence-electron chi connectivity index (χ4n) is 2.93. The first kappa shape index (κ1) is 15.5. The van der Waals surface area contributed by atoms with E-state index in [1.165, 1.54) is 5.69 Å². The van der Waals surface area contributed by atoms with Gasteiger partial charge in [-0.25, -0.2) is 4.98 Å². The van der Waals surface area contributed by atoms with Crippen molar-refractivity contribution in [2.75, 3.05) is 39.8 Å². The third-order valence-corrected chi connectivity index (χ3v) is 4.39. The number of aromatic nitrogens is 2. The second-order valence-corrected chi connectivity index (χ2v) is 6.06. The lowest BCUT2D eigenvalue weighted by molar-refractivity contribution is 0.0767. The smallest absolute Gasteiger partial charge is 0.105 e. The summed E-state index contributed by atoms with van der Waals surface area (Å²) >= 11 is 0. The summed E-state index contributed by atoms with van der Waals surface area (Å²) in [5.41, 5.74) is 1.19. The Hall–Kier alpha value is -0.910. The highest BCUT2D eigenvalue weighted by Crippen LogP contribution is 2.21. The molecule has 20 heavy (non-hydrogen) atoms. The van der Waals surface area contributed by atoms with Gasteiger partial charge < -0.3 is 9.88 Å². The van der Waals surface area contributed by atoms with Crippen molar-refractivity contribution in [3.05, 3.63) is 17.7 Å². The van der Waals surface area contributed by atoms with E-state index in [9.17, 15) is 0 Å². The predicted molar refractivity (Wildman–Crippen MR) is 82.9 cm³/mol. The van der Waals surface area contributed by atoms with Crippen LogP contribution in [0.3, 0.4) is 0 Å². The number of rotatable bonds is 5. The van der Waals surface area contributed by atoms with E-state index in [1.54, 1.807) is 0 Å². The number of imidazole rings is 1. The van der Waals surface area contributed by atoms with Crippen LogP contribution in [0.4, 0.5) is 0 Å². The molecule has 1 aromatic rings. The van der Waals surface area contributed by atoms with E-state index >= 15 is 0 Å². The molecule has 1 aliphatic heterocycles. The lowest BCUT2D eigenvalue weighted by Gasteiger charge is -2.40. The normalized spacial score (nSPS) is 19.7. The molecule has 0 aliphatic carbocycles. The molecule has 0 spiro atoms. The average Bonchev–Trinajstić information content (AvgIpc) is 2.76. The zero-order chi connectivity index (χ0) is 14.7. The van der Waals surface area contributed by atoms with Crippen LogP contribution < -0.4 is 5.32 Å². The molecule has 1 aliphatic rings. The predicted octanol–water partition coefficient (Wildman–Crippen LogP) is 1.02. The zero-order valence-corrected chi connectivity index (χ0v) is 13.6. The molecule has 1 aromatic heterocycles. The van der Waals surface area contributed by atoms with Gasteiger partial charge in [-0.15, -0.1) is 0 Å². The maximum absolute atomic E-state index is 4.73. The van der Waals surface area contributed by atoms with Crippen LogP contribution >= 0.6 is 0 Å². The zero-order valence-electron chi connectivity index (χ0n) is 13.6.